The molecule has 0 atom stereocenters. The summed E-state index contributed by atoms with van der Waals surface area (Å²) in [5, 5.41) is -0.198. The third kappa shape index (κ3) is 2.08. The second kappa shape index (κ2) is 3.76. The van der Waals surface area contributed by atoms with E-state index in [0.717, 1.165) is 0 Å². The number of rotatable bonds is 1. The van der Waals surface area contributed by atoms with Crippen molar-refractivity contribution in [3.63, 3.8) is 0 Å². The van der Waals surface area contributed by atoms with Crippen molar-refractivity contribution in [3.05, 3.63) is 34.4 Å². The van der Waals surface area contributed by atoms with E-state index >= 15 is 0 Å². The third-order valence-corrected chi connectivity index (χ3v) is 2.21. The van der Waals surface area contributed by atoms with Crippen LogP contribution in [-0.2, 0) is 6.18 Å². The first-order valence-electron chi connectivity index (χ1n) is 4.57. The molecule has 0 fully saturated rings. The van der Waals surface area contributed by atoms with Crippen molar-refractivity contribution >= 4 is 10.9 Å². The van der Waals surface area contributed by atoms with Crippen molar-refractivity contribution < 1.29 is 17.9 Å². The van der Waals surface area contributed by atoms with Gasteiger partial charge in [0.1, 0.15) is 11.4 Å². The average molecular weight is 244 g/mol. The van der Waals surface area contributed by atoms with Crippen molar-refractivity contribution in [2.45, 2.75) is 6.18 Å². The number of benzene rings is 1. The lowest BCUT2D eigenvalue weighted by atomic mass is 10.1. The Bertz CT molecular complexity index is 619. The van der Waals surface area contributed by atoms with Crippen LogP contribution in [0.5, 0.6) is 5.75 Å². The van der Waals surface area contributed by atoms with Crippen molar-refractivity contribution in [2.24, 2.45) is 0 Å². The van der Waals surface area contributed by atoms with Gasteiger partial charge >= 0.3 is 11.9 Å². The highest BCUT2D eigenvalue weighted by atomic mass is 19.4. The molecule has 0 unspecified atom stereocenters. The van der Waals surface area contributed by atoms with Crippen LogP contribution in [0, 0.1) is 0 Å². The Morgan fingerprint density at radius 1 is 1.35 bits per heavy atom. The predicted molar refractivity (Wildman–Crippen MR) is 53.9 cm³/mol. The van der Waals surface area contributed by atoms with Crippen LogP contribution in [0.2, 0.25) is 0 Å². The van der Waals surface area contributed by atoms with Crippen molar-refractivity contribution in [1.82, 2.24) is 9.97 Å². The summed E-state index contributed by atoms with van der Waals surface area (Å²) >= 11 is 0. The lowest BCUT2D eigenvalue weighted by molar-refractivity contribution is -0.140. The normalized spacial score (nSPS) is 11.8. The van der Waals surface area contributed by atoms with Gasteiger partial charge in [0.05, 0.1) is 12.6 Å². The second-order valence-electron chi connectivity index (χ2n) is 3.30. The molecule has 0 bridgehead atoms. The fourth-order valence-electron chi connectivity index (χ4n) is 1.48. The molecule has 0 aliphatic heterocycles. The molecule has 0 aliphatic rings. The van der Waals surface area contributed by atoms with Crippen molar-refractivity contribution in [2.75, 3.05) is 7.11 Å². The zero-order chi connectivity index (χ0) is 12.6. The number of nitrogens with zero attached hydrogens (tertiary/aromatic N) is 1. The number of ether oxygens (including phenoxy) is 1. The third-order valence-electron chi connectivity index (χ3n) is 2.21. The molecule has 2 aromatic rings. The molecular formula is C10H7F3N2O2. The van der Waals surface area contributed by atoms with Crippen molar-refractivity contribution in [3.8, 4) is 5.75 Å². The summed E-state index contributed by atoms with van der Waals surface area (Å²) in [6.45, 7) is 0. The molecule has 90 valence electrons. The maximum atomic E-state index is 12.7. The first kappa shape index (κ1) is 11.4. The molecule has 17 heavy (non-hydrogen) atoms. The van der Waals surface area contributed by atoms with Gasteiger partial charge in [0.2, 0.25) is 0 Å². The van der Waals surface area contributed by atoms with Gasteiger partial charge in [-0.1, -0.05) is 0 Å². The lowest BCUT2D eigenvalue weighted by Gasteiger charge is -2.10. The number of hydrogen-bond donors (Lipinski definition) is 1. The molecule has 0 saturated carbocycles. The number of aromatic nitrogens is 2. The summed E-state index contributed by atoms with van der Waals surface area (Å²) in [7, 11) is 1.34. The molecule has 7 heteroatoms. The number of fused-ring (bicyclic) bond motifs is 1. The number of nitrogens with one attached hydrogen (secondary N) is 1. The Balaban J connectivity index is 2.85. The highest BCUT2D eigenvalue weighted by Crippen LogP contribution is 2.32. The van der Waals surface area contributed by atoms with E-state index in [2.05, 4.69) is 4.98 Å². The van der Waals surface area contributed by atoms with E-state index < -0.39 is 17.6 Å². The molecule has 0 radical (unpaired) electrons. The Morgan fingerprint density at radius 3 is 2.65 bits per heavy atom. The molecule has 0 amide bonds. The van der Waals surface area contributed by atoms with E-state index in [1.807, 2.05) is 0 Å². The van der Waals surface area contributed by atoms with E-state index in [1.54, 1.807) is 4.98 Å². The first-order valence-corrected chi connectivity index (χ1v) is 4.57. The number of alkyl halides is 3. The van der Waals surface area contributed by atoms with Gasteiger partial charge in [-0.2, -0.15) is 18.2 Å². The number of halogens is 3. The molecule has 0 saturated heterocycles. The zero-order valence-corrected chi connectivity index (χ0v) is 8.63. The van der Waals surface area contributed by atoms with Gasteiger partial charge in [-0.25, -0.2) is 4.79 Å². The molecule has 1 heterocycles. The molecule has 1 aromatic heterocycles. The Hall–Kier alpha value is -2.05. The summed E-state index contributed by atoms with van der Waals surface area (Å²) in [6.07, 6.45) is -4.65. The summed E-state index contributed by atoms with van der Waals surface area (Å²) in [5.41, 5.74) is -2.18. The van der Waals surface area contributed by atoms with E-state index in [-0.39, 0.29) is 16.7 Å². The van der Waals surface area contributed by atoms with Crippen LogP contribution in [0.4, 0.5) is 13.2 Å². The summed E-state index contributed by atoms with van der Waals surface area (Å²) in [6, 6.07) is 3.93. The molecule has 2 rings (SSSR count). The Labute approximate surface area is 93.1 Å². The van der Waals surface area contributed by atoms with Crippen LogP contribution in [0.3, 0.4) is 0 Å². The summed E-state index contributed by atoms with van der Waals surface area (Å²) in [5.74, 6) is 0.261. The van der Waals surface area contributed by atoms with Gasteiger partial charge in [0.15, 0.2) is 0 Å². The van der Waals surface area contributed by atoms with E-state index in [0.29, 0.717) is 0 Å². The highest BCUT2D eigenvalue weighted by Gasteiger charge is 2.34. The second-order valence-corrected chi connectivity index (χ2v) is 3.30. The van der Waals surface area contributed by atoms with Crippen LogP contribution in [0.1, 0.15) is 5.69 Å². The minimum absolute atomic E-state index is 0.0260. The molecule has 0 aliphatic carbocycles. The maximum absolute atomic E-state index is 12.7. The van der Waals surface area contributed by atoms with Crippen LogP contribution < -0.4 is 10.4 Å². The minimum Gasteiger partial charge on any atom is -0.497 e. The van der Waals surface area contributed by atoms with E-state index in [4.69, 9.17) is 4.74 Å². The van der Waals surface area contributed by atoms with Gasteiger partial charge in [-0.05, 0) is 18.2 Å². The average Bonchev–Trinajstić information content (AvgIpc) is 2.26. The Kier molecular flexibility index (Phi) is 2.53. The first-order chi connectivity index (χ1) is 7.91. The van der Waals surface area contributed by atoms with Crippen LogP contribution in [-0.4, -0.2) is 17.1 Å². The van der Waals surface area contributed by atoms with Crippen molar-refractivity contribution in [1.29, 1.82) is 0 Å². The smallest absolute Gasteiger partial charge is 0.432 e. The number of H-pyrrole nitrogens is 1. The SMILES string of the molecule is COc1ccc2nc(=O)[nH]c(C(F)(F)F)c2c1. The lowest BCUT2D eigenvalue weighted by Crippen LogP contribution is -2.19. The molecule has 0 spiro atoms. The summed E-state index contributed by atoms with van der Waals surface area (Å²) < 4.78 is 42.9. The Morgan fingerprint density at radius 2 is 2.06 bits per heavy atom. The largest absolute Gasteiger partial charge is 0.497 e. The fourth-order valence-corrected chi connectivity index (χ4v) is 1.48. The molecule has 4 nitrogen and oxygen atoms in total. The van der Waals surface area contributed by atoms with E-state index in [9.17, 15) is 18.0 Å². The minimum atomic E-state index is -4.65. The molecule has 1 aromatic carbocycles. The zero-order valence-electron chi connectivity index (χ0n) is 8.63. The van der Waals surface area contributed by atoms with Gasteiger partial charge in [-0.3, -0.25) is 0 Å². The fraction of sp³-hybridized carbons (Fsp3) is 0.200. The molecular weight excluding hydrogens is 237 g/mol. The number of aromatic amines is 1. The monoisotopic (exact) mass is 244 g/mol. The van der Waals surface area contributed by atoms with E-state index in [1.165, 1.54) is 25.3 Å². The van der Waals surface area contributed by atoms with Gasteiger partial charge < -0.3 is 9.72 Å². The van der Waals surface area contributed by atoms with Crippen LogP contribution in [0.25, 0.3) is 10.9 Å². The van der Waals surface area contributed by atoms with Gasteiger partial charge in [0.25, 0.3) is 0 Å². The van der Waals surface area contributed by atoms with Crippen LogP contribution in [0.15, 0.2) is 23.0 Å². The standard InChI is InChI=1S/C10H7F3N2O2/c1-17-5-2-3-7-6(4-5)8(10(11,12)13)15-9(16)14-7/h2-4H,1H3,(H,14,15,16). The topological polar surface area (TPSA) is 55.0 Å². The number of hydrogen-bond acceptors (Lipinski definition) is 3. The predicted octanol–water partition coefficient (Wildman–Crippen LogP) is 1.95. The maximum Gasteiger partial charge on any atom is 0.432 e. The van der Waals surface area contributed by atoms with Gasteiger partial charge in [0, 0.05) is 5.39 Å². The quantitative estimate of drug-likeness (QED) is 0.834. The summed E-state index contributed by atoms with van der Waals surface area (Å²) in [4.78, 5) is 16.2. The highest BCUT2D eigenvalue weighted by molar-refractivity contribution is 5.82. The molecule has 1 N–H and O–H groups in total. The van der Waals surface area contributed by atoms with Gasteiger partial charge in [-0.15, -0.1) is 0 Å². The van der Waals surface area contributed by atoms with Crippen LogP contribution >= 0.6 is 0 Å². The number of methoxy groups -OCH3 is 1.